The lowest BCUT2D eigenvalue weighted by molar-refractivity contribution is -0.138. The second-order valence-corrected chi connectivity index (χ2v) is 4.90. The second kappa shape index (κ2) is 7.47. The van der Waals surface area contributed by atoms with Crippen LogP contribution in [-0.4, -0.2) is 21.6 Å². The van der Waals surface area contributed by atoms with E-state index >= 15 is 0 Å². The van der Waals surface area contributed by atoms with Gasteiger partial charge in [0.1, 0.15) is 0 Å². The van der Waals surface area contributed by atoms with Crippen LogP contribution in [0.5, 0.6) is 0 Å². The van der Waals surface area contributed by atoms with E-state index in [2.05, 4.69) is 5.32 Å². The van der Waals surface area contributed by atoms with Crippen LogP contribution in [0.25, 0.3) is 0 Å². The Morgan fingerprint density at radius 3 is 2.65 bits per heavy atom. The van der Waals surface area contributed by atoms with Gasteiger partial charge in [-0.25, -0.2) is 0 Å². The van der Waals surface area contributed by atoms with Gasteiger partial charge in [0.2, 0.25) is 5.91 Å². The highest BCUT2D eigenvalue weighted by atomic mass is 16.4. The van der Waals surface area contributed by atoms with Crippen molar-refractivity contribution in [2.24, 2.45) is 5.92 Å². The largest absolute Gasteiger partial charge is 0.481 e. The first kappa shape index (κ1) is 15.9. The Bertz CT molecular complexity index is 536. The molecule has 1 heterocycles. The Kier molecular flexibility index (Phi) is 5.96. The highest BCUT2D eigenvalue weighted by Gasteiger charge is 2.13. The topological polar surface area (TPSA) is 88.4 Å². The van der Waals surface area contributed by atoms with Crippen molar-refractivity contribution in [3.8, 4) is 0 Å². The maximum atomic E-state index is 11.8. The molecule has 6 nitrogen and oxygen atoms in total. The fourth-order valence-corrected chi connectivity index (χ4v) is 1.92. The van der Waals surface area contributed by atoms with E-state index in [1.807, 2.05) is 6.92 Å². The zero-order valence-corrected chi connectivity index (χ0v) is 11.8. The van der Waals surface area contributed by atoms with Crippen LogP contribution in [-0.2, 0) is 16.1 Å². The van der Waals surface area contributed by atoms with Crippen molar-refractivity contribution in [2.45, 2.75) is 39.7 Å². The quantitative estimate of drug-likeness (QED) is 0.795. The van der Waals surface area contributed by atoms with Crippen LogP contribution in [0.15, 0.2) is 23.1 Å². The molecule has 20 heavy (non-hydrogen) atoms. The Hall–Kier alpha value is -2.11. The van der Waals surface area contributed by atoms with Gasteiger partial charge in [-0.05, 0) is 18.4 Å². The molecule has 0 aliphatic rings. The lowest BCUT2D eigenvalue weighted by Gasteiger charge is -2.11. The summed E-state index contributed by atoms with van der Waals surface area (Å²) < 4.78 is 1.54. The molecule has 0 saturated heterocycles. The number of carboxylic acid groups (broad SMARTS) is 1. The van der Waals surface area contributed by atoms with Crippen molar-refractivity contribution in [2.75, 3.05) is 5.32 Å². The maximum absolute atomic E-state index is 11.8. The molecule has 0 fully saturated rings. The predicted molar refractivity (Wildman–Crippen MR) is 75.7 cm³/mol. The number of carbonyl (C=O) groups is 2. The molecule has 0 radical (unpaired) electrons. The molecule has 6 heteroatoms. The summed E-state index contributed by atoms with van der Waals surface area (Å²) in [6.07, 6.45) is 2.53. The molecule has 110 valence electrons. The third kappa shape index (κ3) is 5.26. The van der Waals surface area contributed by atoms with Crippen molar-refractivity contribution in [3.05, 3.63) is 28.7 Å². The number of hydrogen-bond acceptors (Lipinski definition) is 3. The number of nitrogens with one attached hydrogen (secondary N) is 1. The van der Waals surface area contributed by atoms with Crippen molar-refractivity contribution < 1.29 is 14.7 Å². The molecule has 1 aromatic rings. The van der Waals surface area contributed by atoms with Crippen LogP contribution < -0.4 is 10.9 Å². The van der Waals surface area contributed by atoms with Gasteiger partial charge in [-0.1, -0.05) is 13.8 Å². The van der Waals surface area contributed by atoms with Crippen LogP contribution in [0.2, 0.25) is 0 Å². The van der Waals surface area contributed by atoms with E-state index in [1.165, 1.54) is 10.6 Å². The van der Waals surface area contributed by atoms with E-state index in [0.29, 0.717) is 12.2 Å². The minimum Gasteiger partial charge on any atom is -0.481 e. The lowest BCUT2D eigenvalue weighted by atomic mass is 10.0. The Labute approximate surface area is 117 Å². The summed E-state index contributed by atoms with van der Waals surface area (Å²) in [6.45, 7) is 4.27. The summed E-state index contributed by atoms with van der Waals surface area (Å²) in [7, 11) is 0. The average molecular weight is 280 g/mol. The maximum Gasteiger partial charge on any atom is 0.303 e. The molecular formula is C14H20N2O4. The van der Waals surface area contributed by atoms with E-state index in [0.717, 1.165) is 6.42 Å². The van der Waals surface area contributed by atoms with E-state index < -0.39 is 5.97 Å². The number of rotatable bonds is 7. The molecule has 0 aromatic carbocycles. The Morgan fingerprint density at radius 2 is 2.05 bits per heavy atom. The summed E-state index contributed by atoms with van der Waals surface area (Å²) >= 11 is 0. The van der Waals surface area contributed by atoms with Crippen LogP contribution >= 0.6 is 0 Å². The number of pyridine rings is 1. The van der Waals surface area contributed by atoms with Crippen LogP contribution in [0.1, 0.15) is 33.1 Å². The third-order valence-corrected chi connectivity index (χ3v) is 2.79. The summed E-state index contributed by atoms with van der Waals surface area (Å²) in [5, 5.41) is 11.3. The van der Waals surface area contributed by atoms with Crippen molar-refractivity contribution in [1.29, 1.82) is 0 Å². The summed E-state index contributed by atoms with van der Waals surface area (Å²) in [5.74, 6) is -1.39. The number of anilines is 1. The summed E-state index contributed by atoms with van der Waals surface area (Å²) in [5.41, 5.74) is 0.440. The highest BCUT2D eigenvalue weighted by molar-refractivity contribution is 5.90. The number of aryl methyl sites for hydroxylation is 1. The van der Waals surface area contributed by atoms with E-state index in [1.54, 1.807) is 19.2 Å². The highest BCUT2D eigenvalue weighted by Crippen LogP contribution is 2.10. The van der Waals surface area contributed by atoms with Crippen LogP contribution in [0.4, 0.5) is 5.69 Å². The average Bonchev–Trinajstić information content (AvgIpc) is 2.32. The van der Waals surface area contributed by atoms with E-state index in [4.69, 9.17) is 5.11 Å². The summed E-state index contributed by atoms with van der Waals surface area (Å²) in [4.78, 5) is 33.8. The molecule has 1 rings (SSSR count). The number of aromatic nitrogens is 1. The van der Waals surface area contributed by atoms with Crippen LogP contribution in [0.3, 0.4) is 0 Å². The Balaban J connectivity index is 2.64. The van der Waals surface area contributed by atoms with Gasteiger partial charge in [0.15, 0.2) is 0 Å². The molecule has 0 bridgehead atoms. The van der Waals surface area contributed by atoms with Crippen molar-refractivity contribution in [1.82, 2.24) is 4.57 Å². The molecular weight excluding hydrogens is 260 g/mol. The second-order valence-electron chi connectivity index (χ2n) is 4.90. The molecule has 2 N–H and O–H groups in total. The van der Waals surface area contributed by atoms with Crippen LogP contribution in [0, 0.1) is 5.92 Å². The molecule has 0 aliphatic heterocycles. The van der Waals surface area contributed by atoms with E-state index in [9.17, 15) is 14.4 Å². The molecule has 0 saturated carbocycles. The monoisotopic (exact) mass is 280 g/mol. The van der Waals surface area contributed by atoms with Gasteiger partial charge >= 0.3 is 5.97 Å². The molecule has 1 amide bonds. The van der Waals surface area contributed by atoms with Gasteiger partial charge in [-0.3, -0.25) is 14.4 Å². The molecule has 0 aliphatic carbocycles. The SMILES string of the molecule is CCCn1cc(NC(=O)CC(C)CC(=O)O)ccc1=O. The number of carbonyl (C=O) groups excluding carboxylic acids is 1. The fraction of sp³-hybridized carbons (Fsp3) is 0.500. The number of nitrogens with zero attached hydrogens (tertiary/aromatic N) is 1. The van der Waals surface area contributed by atoms with Gasteiger partial charge in [-0.15, -0.1) is 0 Å². The third-order valence-electron chi connectivity index (χ3n) is 2.79. The first-order chi connectivity index (χ1) is 9.42. The number of carboxylic acids is 1. The fourth-order valence-electron chi connectivity index (χ4n) is 1.92. The molecule has 1 unspecified atom stereocenters. The van der Waals surface area contributed by atoms with Gasteiger partial charge < -0.3 is 15.0 Å². The smallest absolute Gasteiger partial charge is 0.303 e. The minimum absolute atomic E-state index is 0.0389. The van der Waals surface area contributed by atoms with Gasteiger partial charge in [-0.2, -0.15) is 0 Å². The Morgan fingerprint density at radius 1 is 1.35 bits per heavy atom. The number of amides is 1. The number of hydrogen-bond donors (Lipinski definition) is 2. The molecule has 1 aromatic heterocycles. The minimum atomic E-state index is -0.915. The number of aliphatic carboxylic acids is 1. The first-order valence-corrected chi connectivity index (χ1v) is 6.64. The van der Waals surface area contributed by atoms with Gasteiger partial charge in [0.05, 0.1) is 5.69 Å². The zero-order chi connectivity index (χ0) is 15.1. The normalized spacial score (nSPS) is 11.9. The van der Waals surface area contributed by atoms with E-state index in [-0.39, 0.29) is 30.2 Å². The standard InChI is InChI=1S/C14H20N2O4/c1-3-6-16-9-11(4-5-13(16)18)15-12(17)7-10(2)8-14(19)20/h4-5,9-10H,3,6-8H2,1-2H3,(H,15,17)(H,19,20). The van der Waals surface area contributed by atoms with Gasteiger partial charge in [0.25, 0.3) is 5.56 Å². The van der Waals surface area contributed by atoms with Gasteiger partial charge in [0, 0.05) is 31.6 Å². The predicted octanol–water partition coefficient (Wildman–Crippen LogP) is 1.70. The summed E-state index contributed by atoms with van der Waals surface area (Å²) in [6, 6.07) is 2.96. The molecule has 1 atom stereocenters. The van der Waals surface area contributed by atoms with Crippen molar-refractivity contribution in [3.63, 3.8) is 0 Å². The first-order valence-electron chi connectivity index (χ1n) is 6.64. The lowest BCUT2D eigenvalue weighted by Crippen LogP contribution is -2.21. The zero-order valence-electron chi connectivity index (χ0n) is 11.8. The molecule has 0 spiro atoms. The van der Waals surface area contributed by atoms with Crippen molar-refractivity contribution >= 4 is 17.6 Å².